The van der Waals surface area contributed by atoms with E-state index in [-0.39, 0.29) is 6.07 Å². The van der Waals surface area contributed by atoms with Gasteiger partial charge in [-0.2, -0.15) is 0 Å². The summed E-state index contributed by atoms with van der Waals surface area (Å²) in [6, 6.07) is 0.224. The van der Waals surface area contributed by atoms with Crippen molar-refractivity contribution in [3.05, 3.63) is 34.9 Å². The smallest absolute Gasteiger partial charge is 0.306 e. The van der Waals surface area contributed by atoms with Crippen LogP contribution in [0, 0.1) is 23.3 Å². The predicted octanol–water partition coefficient (Wildman–Crippen LogP) is 1.75. The molecule has 0 aliphatic carbocycles. The van der Waals surface area contributed by atoms with Crippen LogP contribution in [-0.4, -0.2) is 16.2 Å². The molecule has 16 heavy (non-hydrogen) atoms. The molecule has 7 heteroatoms. The lowest BCUT2D eigenvalue weighted by Gasteiger charge is -2.10. The first-order valence-electron chi connectivity index (χ1n) is 4.07. The normalized spacial score (nSPS) is 12.6. The van der Waals surface area contributed by atoms with Crippen molar-refractivity contribution in [1.29, 1.82) is 0 Å². The van der Waals surface area contributed by atoms with Crippen LogP contribution < -0.4 is 0 Å². The third-order valence-electron chi connectivity index (χ3n) is 1.86. The number of hydrogen-bond donors (Lipinski definition) is 2. The number of carboxylic acid groups (broad SMARTS) is 1. The van der Waals surface area contributed by atoms with E-state index in [4.69, 9.17) is 10.2 Å². The minimum atomic E-state index is -2.08. The van der Waals surface area contributed by atoms with Gasteiger partial charge in [0.25, 0.3) is 0 Å². The Balaban J connectivity index is 3.19. The molecule has 0 bridgehead atoms. The van der Waals surface area contributed by atoms with Crippen LogP contribution in [0.15, 0.2) is 6.07 Å². The highest BCUT2D eigenvalue weighted by Crippen LogP contribution is 2.25. The predicted molar refractivity (Wildman–Crippen MR) is 43.5 cm³/mol. The van der Waals surface area contributed by atoms with Crippen LogP contribution in [0.5, 0.6) is 0 Å². The number of benzene rings is 1. The lowest BCUT2D eigenvalue weighted by atomic mass is 10.1. The van der Waals surface area contributed by atoms with Gasteiger partial charge in [-0.15, -0.1) is 0 Å². The van der Waals surface area contributed by atoms with E-state index in [1.165, 1.54) is 0 Å². The van der Waals surface area contributed by atoms with E-state index in [0.29, 0.717) is 0 Å². The van der Waals surface area contributed by atoms with Gasteiger partial charge < -0.3 is 10.2 Å². The van der Waals surface area contributed by atoms with Gasteiger partial charge in [0.1, 0.15) is 0 Å². The first-order valence-corrected chi connectivity index (χ1v) is 4.07. The van der Waals surface area contributed by atoms with E-state index in [0.717, 1.165) is 0 Å². The third-order valence-corrected chi connectivity index (χ3v) is 1.86. The van der Waals surface area contributed by atoms with Gasteiger partial charge in [0.2, 0.25) is 0 Å². The monoisotopic (exact) mass is 238 g/mol. The number of rotatable bonds is 3. The first-order chi connectivity index (χ1) is 7.34. The zero-order chi connectivity index (χ0) is 12.5. The van der Waals surface area contributed by atoms with Crippen molar-refractivity contribution < 1.29 is 32.6 Å². The zero-order valence-corrected chi connectivity index (χ0v) is 7.68. The maximum absolute atomic E-state index is 13.0. The number of halogens is 4. The Kier molecular flexibility index (Phi) is 3.48. The van der Waals surface area contributed by atoms with E-state index >= 15 is 0 Å². The van der Waals surface area contributed by atoms with Gasteiger partial charge in [-0.05, 0) is 6.07 Å². The van der Waals surface area contributed by atoms with Crippen molar-refractivity contribution in [2.45, 2.75) is 12.5 Å². The molecule has 0 aliphatic heterocycles. The van der Waals surface area contributed by atoms with Crippen LogP contribution in [0.3, 0.4) is 0 Å². The lowest BCUT2D eigenvalue weighted by Crippen LogP contribution is -2.10. The highest BCUT2D eigenvalue weighted by atomic mass is 19.2. The van der Waals surface area contributed by atoms with E-state index < -0.39 is 47.3 Å². The van der Waals surface area contributed by atoms with Gasteiger partial charge in [-0.1, -0.05) is 0 Å². The van der Waals surface area contributed by atoms with Crippen molar-refractivity contribution in [2.75, 3.05) is 0 Å². The topological polar surface area (TPSA) is 57.5 Å². The maximum Gasteiger partial charge on any atom is 0.306 e. The van der Waals surface area contributed by atoms with Gasteiger partial charge in [0.15, 0.2) is 23.3 Å². The molecular formula is C9H6F4O3. The minimum absolute atomic E-state index is 0.224. The summed E-state index contributed by atoms with van der Waals surface area (Å²) in [5.41, 5.74) is -0.932. The second kappa shape index (κ2) is 4.48. The zero-order valence-electron chi connectivity index (χ0n) is 7.68. The fourth-order valence-electron chi connectivity index (χ4n) is 1.11. The molecule has 0 aliphatic rings. The molecule has 0 saturated carbocycles. The molecule has 0 aromatic heterocycles. The summed E-state index contributed by atoms with van der Waals surface area (Å²) < 4.78 is 50.9. The molecule has 1 rings (SSSR count). The van der Waals surface area contributed by atoms with Crippen molar-refractivity contribution in [1.82, 2.24) is 0 Å². The fourth-order valence-corrected chi connectivity index (χ4v) is 1.11. The Morgan fingerprint density at radius 2 is 1.75 bits per heavy atom. The number of carbonyl (C=O) groups is 1. The number of aliphatic hydroxyl groups excluding tert-OH is 1. The van der Waals surface area contributed by atoms with Crippen LogP contribution in [0.25, 0.3) is 0 Å². The molecule has 1 aromatic carbocycles. The number of hydrogen-bond acceptors (Lipinski definition) is 2. The number of carboxylic acids is 1. The maximum atomic E-state index is 13.0. The molecule has 0 radical (unpaired) electrons. The Bertz CT molecular complexity index is 433. The standard InChI is InChI=1S/C9H6F4O3/c10-4-1-3(5(14)2-6(15)16)7(11)9(13)8(4)12/h1,5,14H,2H2,(H,15,16). The quantitative estimate of drug-likeness (QED) is 0.479. The number of aliphatic carboxylic acids is 1. The van der Waals surface area contributed by atoms with Crippen LogP contribution in [-0.2, 0) is 4.79 Å². The molecule has 3 nitrogen and oxygen atoms in total. The first kappa shape index (κ1) is 12.4. The Morgan fingerprint density at radius 3 is 2.25 bits per heavy atom. The van der Waals surface area contributed by atoms with E-state index in [9.17, 15) is 22.4 Å². The fraction of sp³-hybridized carbons (Fsp3) is 0.222. The second-order valence-electron chi connectivity index (χ2n) is 3.00. The summed E-state index contributed by atoms with van der Waals surface area (Å²) in [6.45, 7) is 0. The molecule has 2 N–H and O–H groups in total. The largest absolute Gasteiger partial charge is 0.481 e. The molecule has 0 heterocycles. The van der Waals surface area contributed by atoms with Crippen LogP contribution in [0.2, 0.25) is 0 Å². The second-order valence-corrected chi connectivity index (χ2v) is 3.00. The highest BCUT2D eigenvalue weighted by molar-refractivity contribution is 5.67. The Hall–Kier alpha value is -1.63. The summed E-state index contributed by atoms with van der Waals surface area (Å²) in [5.74, 6) is -9.08. The summed E-state index contributed by atoms with van der Waals surface area (Å²) in [6.07, 6.45) is -2.89. The van der Waals surface area contributed by atoms with E-state index in [1.54, 1.807) is 0 Å². The molecule has 0 spiro atoms. The Labute approximate surface area is 86.9 Å². The van der Waals surface area contributed by atoms with Gasteiger partial charge in [0.05, 0.1) is 12.5 Å². The van der Waals surface area contributed by atoms with E-state index in [1.807, 2.05) is 0 Å². The van der Waals surface area contributed by atoms with Crippen LogP contribution in [0.4, 0.5) is 17.6 Å². The molecule has 1 unspecified atom stereocenters. The Morgan fingerprint density at radius 1 is 1.19 bits per heavy atom. The molecule has 0 amide bonds. The lowest BCUT2D eigenvalue weighted by molar-refractivity contribution is -0.139. The SMILES string of the molecule is O=C(O)CC(O)c1cc(F)c(F)c(F)c1F. The van der Waals surface area contributed by atoms with Crippen molar-refractivity contribution in [2.24, 2.45) is 0 Å². The molecule has 0 saturated heterocycles. The number of aliphatic hydroxyl groups is 1. The van der Waals surface area contributed by atoms with Gasteiger partial charge in [0, 0.05) is 5.56 Å². The average molecular weight is 238 g/mol. The van der Waals surface area contributed by atoms with Gasteiger partial charge in [-0.25, -0.2) is 17.6 Å². The van der Waals surface area contributed by atoms with Crippen LogP contribution >= 0.6 is 0 Å². The van der Waals surface area contributed by atoms with E-state index in [2.05, 4.69) is 0 Å². The van der Waals surface area contributed by atoms with Crippen molar-refractivity contribution in [3.8, 4) is 0 Å². The molecule has 1 aromatic rings. The summed E-state index contributed by atoms with van der Waals surface area (Å²) in [7, 11) is 0. The molecule has 88 valence electrons. The summed E-state index contributed by atoms with van der Waals surface area (Å²) in [5, 5.41) is 17.4. The van der Waals surface area contributed by atoms with Gasteiger partial charge in [-0.3, -0.25) is 4.79 Å². The van der Waals surface area contributed by atoms with Gasteiger partial charge >= 0.3 is 5.97 Å². The molecule has 1 atom stereocenters. The van der Waals surface area contributed by atoms with Crippen molar-refractivity contribution >= 4 is 5.97 Å². The highest BCUT2D eigenvalue weighted by Gasteiger charge is 2.24. The average Bonchev–Trinajstić information content (AvgIpc) is 2.19. The van der Waals surface area contributed by atoms with Crippen molar-refractivity contribution in [3.63, 3.8) is 0 Å². The molecule has 0 fully saturated rings. The van der Waals surface area contributed by atoms with Crippen LogP contribution in [0.1, 0.15) is 18.1 Å². The summed E-state index contributed by atoms with van der Waals surface area (Å²) >= 11 is 0. The molecular weight excluding hydrogens is 232 g/mol. The third kappa shape index (κ3) is 2.30. The summed E-state index contributed by atoms with van der Waals surface area (Å²) in [4.78, 5) is 10.2. The minimum Gasteiger partial charge on any atom is -0.481 e.